The van der Waals surface area contributed by atoms with E-state index in [0.29, 0.717) is 30.9 Å². The molecule has 228 valence electrons. The Balaban J connectivity index is 0.000000742. The third-order valence-electron chi connectivity index (χ3n) is 6.85. The van der Waals surface area contributed by atoms with Gasteiger partial charge in [-0.2, -0.15) is 5.26 Å². The van der Waals surface area contributed by atoms with Crippen LogP contribution in [0.1, 0.15) is 137 Å². The average molecular weight is 570 g/mol. The molecule has 0 aromatic rings. The van der Waals surface area contributed by atoms with E-state index in [0.717, 1.165) is 51.5 Å². The minimum atomic E-state index is -1.09. The van der Waals surface area contributed by atoms with Crippen molar-refractivity contribution < 1.29 is 18.6 Å². The highest BCUT2D eigenvalue weighted by atomic mass is 31.2. The Hall–Kier alpha value is -0.900. The van der Waals surface area contributed by atoms with Gasteiger partial charge >= 0.3 is 0 Å². The minimum Gasteiger partial charge on any atom is -0.321 e. The van der Waals surface area contributed by atoms with Crippen molar-refractivity contribution in [2.45, 2.75) is 156 Å². The third-order valence-corrected chi connectivity index (χ3v) is 9.03. The van der Waals surface area contributed by atoms with E-state index in [1.807, 2.05) is 0 Å². The molecule has 0 aliphatic carbocycles. The second-order valence-electron chi connectivity index (χ2n) is 11.5. The van der Waals surface area contributed by atoms with Crippen LogP contribution in [-0.2, 0) is 18.6 Å². The number of nitriles is 1. The topological polar surface area (TPSA) is 82.9 Å². The molecule has 8 heteroatoms. The van der Waals surface area contributed by atoms with Crippen LogP contribution < -0.4 is 0 Å². The first-order chi connectivity index (χ1) is 18.7. The van der Waals surface area contributed by atoms with Gasteiger partial charge in [-0.05, 0) is 60.9 Å². The summed E-state index contributed by atoms with van der Waals surface area (Å²) in [4.78, 5) is 23.1. The Morgan fingerprint density at radius 1 is 0.974 bits per heavy atom. The van der Waals surface area contributed by atoms with Crippen LogP contribution in [0.4, 0.5) is 0 Å². The van der Waals surface area contributed by atoms with E-state index in [1.54, 1.807) is 6.92 Å². The molecule has 39 heavy (non-hydrogen) atoms. The van der Waals surface area contributed by atoms with Crippen molar-refractivity contribution in [2.24, 2.45) is 0 Å². The molecule has 1 unspecified atom stereocenters. The molecular weight excluding hydrogens is 509 g/mol. The fraction of sp³-hybridized carbons (Fsp3) is 0.903. The molecule has 1 rings (SSSR count). The SMILES string of the molecule is CC(=O)CCCCCCCCCCCCCCC=O.CC(C)N(C(C)C)P(OCCC#N)O[C@H]1CCN(C)C1. The Morgan fingerprint density at radius 2 is 1.49 bits per heavy atom. The molecule has 0 radical (unpaired) electrons. The number of Topliss-reactive ketones (excluding diaryl/α,β-unsaturated/α-hetero) is 1. The number of ketones is 1. The molecule has 1 fully saturated rings. The van der Waals surface area contributed by atoms with Crippen molar-refractivity contribution in [3.63, 3.8) is 0 Å². The van der Waals surface area contributed by atoms with Gasteiger partial charge in [-0.1, -0.05) is 64.2 Å². The molecule has 7 nitrogen and oxygen atoms in total. The van der Waals surface area contributed by atoms with Crippen LogP contribution in [0.2, 0.25) is 0 Å². The summed E-state index contributed by atoms with van der Waals surface area (Å²) in [6.45, 7) is 12.8. The predicted molar refractivity (Wildman–Crippen MR) is 164 cm³/mol. The lowest BCUT2D eigenvalue weighted by atomic mass is 10.0. The van der Waals surface area contributed by atoms with Crippen molar-refractivity contribution in [3.8, 4) is 6.07 Å². The monoisotopic (exact) mass is 569 g/mol. The van der Waals surface area contributed by atoms with Gasteiger partial charge in [0.25, 0.3) is 8.53 Å². The summed E-state index contributed by atoms with van der Waals surface area (Å²) in [7, 11) is 1.03. The van der Waals surface area contributed by atoms with Crippen LogP contribution in [0.15, 0.2) is 0 Å². The number of carbonyl (C=O) groups is 2. The van der Waals surface area contributed by atoms with E-state index in [4.69, 9.17) is 14.3 Å². The quantitative estimate of drug-likeness (QED) is 0.0696. The van der Waals surface area contributed by atoms with E-state index in [-0.39, 0.29) is 6.10 Å². The minimum absolute atomic E-state index is 0.244. The van der Waals surface area contributed by atoms with Crippen molar-refractivity contribution in [2.75, 3.05) is 26.7 Å². The largest absolute Gasteiger partial charge is 0.321 e. The molecule has 0 saturated carbocycles. The van der Waals surface area contributed by atoms with Crippen LogP contribution in [0, 0.1) is 11.3 Å². The van der Waals surface area contributed by atoms with Crippen molar-refractivity contribution in [1.82, 2.24) is 9.57 Å². The van der Waals surface area contributed by atoms with Gasteiger partial charge in [-0.25, -0.2) is 4.67 Å². The molecule has 0 N–H and O–H groups in total. The van der Waals surface area contributed by atoms with Crippen molar-refractivity contribution in [3.05, 3.63) is 0 Å². The first kappa shape index (κ1) is 38.1. The van der Waals surface area contributed by atoms with E-state index in [9.17, 15) is 9.59 Å². The summed E-state index contributed by atoms with van der Waals surface area (Å²) in [5.41, 5.74) is 0. The van der Waals surface area contributed by atoms with Gasteiger partial charge in [0.05, 0.1) is 25.2 Å². The Kier molecular flexibility index (Phi) is 25.4. The summed E-state index contributed by atoms with van der Waals surface area (Å²) in [5, 5.41) is 8.67. The molecule has 1 saturated heterocycles. The van der Waals surface area contributed by atoms with Gasteiger partial charge in [-0.15, -0.1) is 0 Å². The molecule has 0 spiro atoms. The number of aldehydes is 1. The maximum absolute atomic E-state index is 10.7. The summed E-state index contributed by atoms with van der Waals surface area (Å²) in [6, 6.07) is 2.85. The van der Waals surface area contributed by atoms with Gasteiger partial charge in [0.15, 0.2) is 0 Å². The summed E-state index contributed by atoms with van der Waals surface area (Å²) in [6.07, 6.45) is 19.5. The second-order valence-corrected chi connectivity index (χ2v) is 12.9. The number of likely N-dealkylation sites (tertiary alicyclic amines) is 1. The van der Waals surface area contributed by atoms with Crippen LogP contribution >= 0.6 is 8.53 Å². The molecule has 0 amide bonds. The molecular formula is C31H60N3O4P. The number of likely N-dealkylation sites (N-methyl/N-ethyl adjacent to an activating group) is 1. The van der Waals surface area contributed by atoms with E-state index < -0.39 is 8.53 Å². The number of unbranched alkanes of at least 4 members (excludes halogenated alkanes) is 12. The average Bonchev–Trinajstić information content (AvgIpc) is 3.28. The first-order valence-electron chi connectivity index (χ1n) is 15.6. The number of hydrogen-bond donors (Lipinski definition) is 0. The summed E-state index contributed by atoms with van der Waals surface area (Å²) in [5.74, 6) is 0.327. The zero-order valence-corrected chi connectivity index (χ0v) is 27.1. The highest BCUT2D eigenvalue weighted by Crippen LogP contribution is 2.47. The highest BCUT2D eigenvalue weighted by Gasteiger charge is 2.31. The fourth-order valence-corrected chi connectivity index (χ4v) is 6.50. The fourth-order valence-electron chi connectivity index (χ4n) is 4.77. The smallest absolute Gasteiger partial charge is 0.259 e. The first-order valence-corrected chi connectivity index (χ1v) is 16.7. The van der Waals surface area contributed by atoms with Crippen LogP contribution in [0.3, 0.4) is 0 Å². The lowest BCUT2D eigenvalue weighted by Gasteiger charge is -2.36. The van der Waals surface area contributed by atoms with Gasteiger partial charge in [0, 0.05) is 38.0 Å². The molecule has 1 aliphatic heterocycles. The Morgan fingerprint density at radius 3 is 1.90 bits per heavy atom. The van der Waals surface area contributed by atoms with Gasteiger partial charge in [0.1, 0.15) is 12.1 Å². The van der Waals surface area contributed by atoms with Crippen molar-refractivity contribution in [1.29, 1.82) is 5.26 Å². The maximum Gasteiger partial charge on any atom is 0.259 e. The Bertz CT molecular complexity index is 634. The molecule has 1 aliphatic rings. The highest BCUT2D eigenvalue weighted by molar-refractivity contribution is 7.44. The number of rotatable bonds is 23. The zero-order valence-electron chi connectivity index (χ0n) is 26.2. The van der Waals surface area contributed by atoms with Crippen molar-refractivity contribution >= 4 is 20.6 Å². The van der Waals surface area contributed by atoms with Gasteiger partial charge < -0.3 is 23.5 Å². The summed E-state index contributed by atoms with van der Waals surface area (Å²) >= 11 is 0. The van der Waals surface area contributed by atoms with E-state index in [1.165, 1.54) is 64.2 Å². The zero-order chi connectivity index (χ0) is 29.3. The molecule has 1 heterocycles. The standard InChI is InChI=1S/C17H32O2.C14H28N3O2P/c1-17(19)15-13-11-9-7-5-3-2-4-6-8-10-12-14-16-18;1-12(2)17(13(3)4)20(18-10-6-8-15)19-14-7-9-16(5)11-14/h16H,2-15H2,1H3;12-14H,6-7,9-11H2,1-5H3/t;14-,20?/m.0/s1. The predicted octanol–water partition coefficient (Wildman–Crippen LogP) is 8.22. The lowest BCUT2D eigenvalue weighted by Crippen LogP contribution is -2.35. The van der Waals surface area contributed by atoms with E-state index >= 15 is 0 Å². The van der Waals surface area contributed by atoms with Crippen LogP contribution in [0.25, 0.3) is 0 Å². The van der Waals surface area contributed by atoms with Gasteiger partial charge in [0.2, 0.25) is 0 Å². The van der Waals surface area contributed by atoms with Crippen LogP contribution in [-0.4, -0.2) is 66.6 Å². The number of carbonyl (C=O) groups excluding carboxylic acids is 2. The third kappa shape index (κ3) is 22.5. The molecule has 0 bridgehead atoms. The molecule has 0 aromatic carbocycles. The Labute approximate surface area is 242 Å². The number of nitrogens with zero attached hydrogens (tertiary/aromatic N) is 3. The van der Waals surface area contributed by atoms with Crippen LogP contribution in [0.5, 0.6) is 0 Å². The normalized spacial score (nSPS) is 16.4. The molecule has 2 atom stereocenters. The van der Waals surface area contributed by atoms with Gasteiger partial charge in [-0.3, -0.25) is 0 Å². The second kappa shape index (κ2) is 26.0. The lowest BCUT2D eigenvalue weighted by molar-refractivity contribution is -0.117. The molecule has 0 aromatic heterocycles. The number of hydrogen-bond acceptors (Lipinski definition) is 7. The van der Waals surface area contributed by atoms with E-state index in [2.05, 4.69) is 50.4 Å². The summed E-state index contributed by atoms with van der Waals surface area (Å²) < 4.78 is 14.4. The maximum atomic E-state index is 10.7.